The van der Waals surface area contributed by atoms with Crippen molar-refractivity contribution in [3.63, 3.8) is 0 Å². The molecule has 96 valence electrons. The number of phenolic OH excluding ortho intramolecular Hbond substituents is 1. The molecule has 0 amide bonds. The van der Waals surface area contributed by atoms with Crippen molar-refractivity contribution in [2.24, 2.45) is 0 Å². The topological polar surface area (TPSA) is 20.2 Å². The summed E-state index contributed by atoms with van der Waals surface area (Å²) in [5, 5.41) is 9.94. The summed E-state index contributed by atoms with van der Waals surface area (Å²) < 4.78 is 0. The van der Waals surface area contributed by atoms with Crippen molar-refractivity contribution < 1.29 is 5.11 Å². The average molecular weight is 260 g/mol. The van der Waals surface area contributed by atoms with Gasteiger partial charge in [0.25, 0.3) is 0 Å². The van der Waals surface area contributed by atoms with Crippen molar-refractivity contribution in [3.05, 3.63) is 59.0 Å². The maximum absolute atomic E-state index is 9.94. The van der Waals surface area contributed by atoms with Crippen molar-refractivity contribution >= 4 is 11.8 Å². The monoisotopic (exact) mass is 260 g/mol. The third kappa shape index (κ3) is 3.54. The van der Waals surface area contributed by atoms with Gasteiger partial charge >= 0.3 is 0 Å². The Morgan fingerprint density at radius 2 is 2.17 bits per heavy atom. The van der Waals surface area contributed by atoms with Gasteiger partial charge in [-0.2, -0.15) is 0 Å². The number of rotatable bonds is 5. The largest absolute Gasteiger partial charge is 0.507 e. The molecule has 18 heavy (non-hydrogen) atoms. The summed E-state index contributed by atoms with van der Waals surface area (Å²) in [5.41, 5.74) is 2.28. The van der Waals surface area contributed by atoms with Crippen LogP contribution in [0.5, 0.6) is 5.75 Å². The molecule has 2 heteroatoms. The summed E-state index contributed by atoms with van der Waals surface area (Å²) >= 11 is 1.60. The number of allylic oxidation sites excluding steroid dienone is 4. The molecule has 1 rings (SSSR count). The highest BCUT2D eigenvalue weighted by atomic mass is 32.2. The number of benzene rings is 1. The van der Waals surface area contributed by atoms with Gasteiger partial charge in [-0.25, -0.2) is 0 Å². The Hall–Kier alpha value is -1.41. The number of thioether (sulfide) groups is 1. The summed E-state index contributed by atoms with van der Waals surface area (Å²) in [6, 6.07) is 5.60. The summed E-state index contributed by atoms with van der Waals surface area (Å²) in [5.74, 6) is 0.335. The second-order valence-electron chi connectivity index (χ2n) is 3.97. The van der Waals surface area contributed by atoms with Crippen molar-refractivity contribution in [1.82, 2.24) is 0 Å². The van der Waals surface area contributed by atoms with Crippen LogP contribution in [0.15, 0.2) is 58.4 Å². The fourth-order valence-corrected chi connectivity index (χ4v) is 2.84. The van der Waals surface area contributed by atoms with Gasteiger partial charge in [0.15, 0.2) is 0 Å². The molecule has 0 saturated carbocycles. The first-order valence-electron chi connectivity index (χ1n) is 6.08. The highest BCUT2D eigenvalue weighted by Gasteiger charge is 2.09. The highest BCUT2D eigenvalue weighted by molar-refractivity contribution is 8.03. The molecule has 0 atom stereocenters. The molecular weight excluding hydrogens is 240 g/mol. The SMILES string of the molecule is C=C/C(CC)=C(\C=C/C)Sc1c(C)cccc1O. The molecule has 1 aromatic carbocycles. The highest BCUT2D eigenvalue weighted by Crippen LogP contribution is 2.38. The van der Waals surface area contributed by atoms with Crippen LogP contribution < -0.4 is 0 Å². The lowest BCUT2D eigenvalue weighted by Crippen LogP contribution is -1.85. The lowest BCUT2D eigenvalue weighted by molar-refractivity contribution is 0.461. The van der Waals surface area contributed by atoms with E-state index >= 15 is 0 Å². The molecule has 0 heterocycles. The minimum Gasteiger partial charge on any atom is -0.507 e. The molecule has 0 aliphatic carbocycles. The standard InChI is InChI=1S/C16H20OS/c1-5-9-15(13(6-2)7-3)18-16-12(4)10-8-11-14(16)17/h5-6,8-11,17H,2,7H2,1,3-4H3/b9-5-,15-13-. The number of aryl methyl sites for hydroxylation is 1. The first-order chi connectivity index (χ1) is 8.63. The molecule has 0 unspecified atom stereocenters. The van der Waals surface area contributed by atoms with Gasteiger partial charge in [-0.05, 0) is 37.5 Å². The van der Waals surface area contributed by atoms with Crippen LogP contribution >= 0.6 is 11.8 Å². The summed E-state index contributed by atoms with van der Waals surface area (Å²) in [6.07, 6.45) is 6.90. The fourth-order valence-electron chi connectivity index (χ4n) is 1.66. The molecule has 0 spiro atoms. The lowest BCUT2D eigenvalue weighted by Gasteiger charge is -2.11. The predicted octanol–water partition coefficient (Wildman–Crippen LogP) is 5.22. The summed E-state index contributed by atoms with van der Waals surface area (Å²) in [7, 11) is 0. The van der Waals surface area contributed by atoms with E-state index in [0.717, 1.165) is 21.8 Å². The molecule has 0 bridgehead atoms. The Labute approximate surface area is 114 Å². The molecule has 1 N–H and O–H groups in total. The molecule has 0 aromatic heterocycles. The Bertz CT molecular complexity index is 464. The van der Waals surface area contributed by atoms with E-state index in [0.29, 0.717) is 5.75 Å². The minimum atomic E-state index is 0.335. The van der Waals surface area contributed by atoms with Gasteiger partial charge in [-0.3, -0.25) is 0 Å². The van der Waals surface area contributed by atoms with Crippen LogP contribution in [0.1, 0.15) is 25.8 Å². The van der Waals surface area contributed by atoms with E-state index in [1.54, 1.807) is 17.8 Å². The van der Waals surface area contributed by atoms with Gasteiger partial charge in [0.1, 0.15) is 5.75 Å². The third-order valence-electron chi connectivity index (χ3n) is 2.66. The first kappa shape index (κ1) is 14.7. The Kier molecular flexibility index (Phi) is 5.79. The van der Waals surface area contributed by atoms with Gasteiger partial charge < -0.3 is 5.11 Å². The number of aromatic hydroxyl groups is 1. The van der Waals surface area contributed by atoms with E-state index < -0.39 is 0 Å². The molecule has 1 aromatic rings. The Balaban J connectivity index is 3.20. The van der Waals surface area contributed by atoms with Crippen molar-refractivity contribution in [3.8, 4) is 5.75 Å². The molecule has 0 radical (unpaired) electrons. The van der Waals surface area contributed by atoms with Gasteiger partial charge in [0.05, 0.1) is 4.90 Å². The van der Waals surface area contributed by atoms with Crippen LogP contribution in [0, 0.1) is 6.92 Å². The summed E-state index contributed by atoms with van der Waals surface area (Å²) in [6.45, 7) is 9.97. The van der Waals surface area contributed by atoms with Gasteiger partial charge in [0, 0.05) is 4.91 Å². The van der Waals surface area contributed by atoms with E-state index in [1.807, 2.05) is 38.1 Å². The maximum atomic E-state index is 9.94. The van der Waals surface area contributed by atoms with Crippen LogP contribution in [0.2, 0.25) is 0 Å². The average Bonchev–Trinajstić information content (AvgIpc) is 2.35. The van der Waals surface area contributed by atoms with Crippen LogP contribution in [0.4, 0.5) is 0 Å². The molecule has 0 fully saturated rings. The van der Waals surface area contributed by atoms with E-state index in [1.165, 1.54) is 5.57 Å². The van der Waals surface area contributed by atoms with Gasteiger partial charge in [-0.1, -0.05) is 55.6 Å². The van der Waals surface area contributed by atoms with Gasteiger partial charge in [0.2, 0.25) is 0 Å². The van der Waals surface area contributed by atoms with Crippen LogP contribution in [0.25, 0.3) is 0 Å². The van der Waals surface area contributed by atoms with E-state index in [-0.39, 0.29) is 0 Å². The zero-order chi connectivity index (χ0) is 13.5. The normalized spacial score (nSPS) is 12.6. The fraction of sp³-hybridized carbons (Fsp3) is 0.250. The molecule has 1 nitrogen and oxygen atoms in total. The smallest absolute Gasteiger partial charge is 0.129 e. The first-order valence-corrected chi connectivity index (χ1v) is 6.90. The lowest BCUT2D eigenvalue weighted by atomic mass is 10.2. The van der Waals surface area contributed by atoms with Crippen LogP contribution in [-0.4, -0.2) is 5.11 Å². The van der Waals surface area contributed by atoms with E-state index in [2.05, 4.69) is 19.6 Å². The van der Waals surface area contributed by atoms with E-state index in [4.69, 9.17) is 0 Å². The van der Waals surface area contributed by atoms with Crippen molar-refractivity contribution in [2.75, 3.05) is 0 Å². The third-order valence-corrected chi connectivity index (χ3v) is 4.02. The molecule has 0 aliphatic heterocycles. The van der Waals surface area contributed by atoms with Crippen LogP contribution in [-0.2, 0) is 0 Å². The van der Waals surface area contributed by atoms with Gasteiger partial charge in [-0.15, -0.1) is 0 Å². The zero-order valence-electron chi connectivity index (χ0n) is 11.2. The zero-order valence-corrected chi connectivity index (χ0v) is 12.1. The Morgan fingerprint density at radius 1 is 1.44 bits per heavy atom. The van der Waals surface area contributed by atoms with E-state index in [9.17, 15) is 5.11 Å². The number of hydrogen-bond donors (Lipinski definition) is 1. The number of hydrogen-bond acceptors (Lipinski definition) is 2. The van der Waals surface area contributed by atoms with Crippen molar-refractivity contribution in [2.45, 2.75) is 32.1 Å². The second kappa shape index (κ2) is 7.12. The summed E-state index contributed by atoms with van der Waals surface area (Å²) in [4.78, 5) is 2.05. The van der Waals surface area contributed by atoms with Crippen molar-refractivity contribution in [1.29, 1.82) is 0 Å². The molecular formula is C16H20OS. The quantitative estimate of drug-likeness (QED) is 0.578. The van der Waals surface area contributed by atoms with Crippen LogP contribution in [0.3, 0.4) is 0 Å². The molecule has 0 aliphatic rings. The molecule has 0 saturated heterocycles. The maximum Gasteiger partial charge on any atom is 0.129 e. The predicted molar refractivity (Wildman–Crippen MR) is 81.0 cm³/mol. The Morgan fingerprint density at radius 3 is 2.67 bits per heavy atom. The second-order valence-corrected chi connectivity index (χ2v) is 5.02. The minimum absolute atomic E-state index is 0.335. The number of phenols is 1.